The van der Waals surface area contributed by atoms with Crippen LogP contribution in [0.2, 0.25) is 0 Å². The average Bonchev–Trinajstić information content (AvgIpc) is 3.37. The molecule has 3 aliphatic rings. The summed E-state index contributed by atoms with van der Waals surface area (Å²) >= 11 is 0. The standard InChI is InChI=1S/C20H28O8/c1-6-8(2)18(23)28-17-16-13(10(4)19(24)27-16)15-14(26-15)11(5)20(17,25)12(22)7-9(3)21/h6,9-11,13-17,21,25H,7H2,1-5H3/b8-6-/t9-,10+,11-,13+,14-,15+,16+,17-,20+/m0/s1. The van der Waals surface area contributed by atoms with E-state index in [0.29, 0.717) is 5.57 Å². The molecule has 0 amide bonds. The first-order valence-electron chi connectivity index (χ1n) is 9.67. The normalized spacial score (nSPS) is 43.3. The smallest absolute Gasteiger partial charge is 0.333 e. The predicted molar refractivity (Wildman–Crippen MR) is 95.9 cm³/mol. The van der Waals surface area contributed by atoms with Crippen molar-refractivity contribution in [1.82, 2.24) is 0 Å². The van der Waals surface area contributed by atoms with Crippen molar-refractivity contribution >= 4 is 17.7 Å². The van der Waals surface area contributed by atoms with Crippen molar-refractivity contribution in [3.63, 3.8) is 0 Å². The van der Waals surface area contributed by atoms with Crippen LogP contribution >= 0.6 is 0 Å². The molecule has 0 spiro atoms. The first-order valence-corrected chi connectivity index (χ1v) is 9.67. The van der Waals surface area contributed by atoms with Crippen LogP contribution in [-0.4, -0.2) is 64.1 Å². The van der Waals surface area contributed by atoms with Gasteiger partial charge in [0.25, 0.3) is 0 Å². The number of rotatable bonds is 5. The van der Waals surface area contributed by atoms with E-state index in [1.807, 2.05) is 0 Å². The van der Waals surface area contributed by atoms with Gasteiger partial charge in [-0.3, -0.25) is 9.59 Å². The molecule has 3 fully saturated rings. The van der Waals surface area contributed by atoms with E-state index in [0.717, 1.165) is 0 Å². The van der Waals surface area contributed by atoms with Crippen LogP contribution in [-0.2, 0) is 28.6 Å². The van der Waals surface area contributed by atoms with Crippen LogP contribution in [0.1, 0.15) is 41.0 Å². The summed E-state index contributed by atoms with van der Waals surface area (Å²) < 4.78 is 16.8. The molecule has 1 aliphatic carbocycles. The molecule has 2 heterocycles. The van der Waals surface area contributed by atoms with Crippen LogP contribution in [0.5, 0.6) is 0 Å². The Kier molecular flexibility index (Phi) is 5.42. The maximum Gasteiger partial charge on any atom is 0.333 e. The molecule has 0 bridgehead atoms. The number of hydrogen-bond donors (Lipinski definition) is 2. The largest absolute Gasteiger partial charge is 0.458 e. The van der Waals surface area contributed by atoms with Gasteiger partial charge in [-0.05, 0) is 20.8 Å². The summed E-state index contributed by atoms with van der Waals surface area (Å²) in [5.41, 5.74) is -1.85. The van der Waals surface area contributed by atoms with Crippen molar-refractivity contribution in [3.8, 4) is 0 Å². The molecule has 2 saturated heterocycles. The third kappa shape index (κ3) is 3.17. The third-order valence-electron chi connectivity index (χ3n) is 6.36. The van der Waals surface area contributed by atoms with Gasteiger partial charge < -0.3 is 24.4 Å². The number of carbonyl (C=O) groups excluding carboxylic acids is 3. The Hall–Kier alpha value is -1.77. The summed E-state index contributed by atoms with van der Waals surface area (Å²) in [5, 5.41) is 21.3. The fourth-order valence-electron chi connectivity index (χ4n) is 4.43. The molecular weight excluding hydrogens is 368 g/mol. The summed E-state index contributed by atoms with van der Waals surface area (Å²) in [7, 11) is 0. The lowest BCUT2D eigenvalue weighted by Gasteiger charge is -2.40. The Morgan fingerprint density at radius 1 is 1.29 bits per heavy atom. The van der Waals surface area contributed by atoms with E-state index in [1.54, 1.807) is 33.8 Å². The van der Waals surface area contributed by atoms with E-state index >= 15 is 0 Å². The van der Waals surface area contributed by atoms with Crippen molar-refractivity contribution in [1.29, 1.82) is 0 Å². The van der Waals surface area contributed by atoms with E-state index in [9.17, 15) is 24.6 Å². The Bertz CT molecular complexity index is 713. The van der Waals surface area contributed by atoms with Crippen molar-refractivity contribution in [2.45, 2.75) is 77.2 Å². The molecule has 0 aromatic heterocycles. The molecule has 0 aromatic rings. The van der Waals surface area contributed by atoms with Gasteiger partial charge in [0.15, 0.2) is 17.5 Å². The summed E-state index contributed by atoms with van der Waals surface area (Å²) in [6.07, 6.45) is -2.96. The number of allylic oxidation sites excluding steroid dienone is 1. The van der Waals surface area contributed by atoms with E-state index in [4.69, 9.17) is 14.2 Å². The number of ketones is 1. The number of carbonyl (C=O) groups is 3. The number of ether oxygens (including phenoxy) is 3. The zero-order valence-corrected chi connectivity index (χ0v) is 16.7. The Balaban J connectivity index is 2.07. The van der Waals surface area contributed by atoms with Crippen molar-refractivity contribution in [3.05, 3.63) is 11.6 Å². The van der Waals surface area contributed by atoms with Crippen LogP contribution in [0, 0.1) is 17.8 Å². The number of epoxide rings is 1. The summed E-state index contributed by atoms with van der Waals surface area (Å²) in [6, 6.07) is 0. The predicted octanol–water partition coefficient (Wildman–Crippen LogP) is 0.530. The quantitative estimate of drug-likeness (QED) is 0.392. The third-order valence-corrected chi connectivity index (χ3v) is 6.36. The van der Waals surface area contributed by atoms with Crippen LogP contribution in [0.15, 0.2) is 11.6 Å². The highest BCUT2D eigenvalue weighted by Gasteiger charge is 2.71. The molecule has 1 saturated carbocycles. The highest BCUT2D eigenvalue weighted by molar-refractivity contribution is 5.91. The van der Waals surface area contributed by atoms with E-state index in [-0.39, 0.29) is 12.5 Å². The van der Waals surface area contributed by atoms with Gasteiger partial charge in [0.2, 0.25) is 0 Å². The van der Waals surface area contributed by atoms with Crippen molar-refractivity contribution in [2.24, 2.45) is 17.8 Å². The Morgan fingerprint density at radius 2 is 1.93 bits per heavy atom. The van der Waals surface area contributed by atoms with Crippen LogP contribution < -0.4 is 0 Å². The van der Waals surface area contributed by atoms with Gasteiger partial charge >= 0.3 is 11.9 Å². The highest BCUT2D eigenvalue weighted by atomic mass is 16.6. The van der Waals surface area contributed by atoms with Gasteiger partial charge in [0.1, 0.15) is 6.10 Å². The van der Waals surface area contributed by atoms with Crippen LogP contribution in [0.4, 0.5) is 0 Å². The second-order valence-electron chi connectivity index (χ2n) is 8.22. The lowest BCUT2D eigenvalue weighted by molar-refractivity contribution is -0.198. The van der Waals surface area contributed by atoms with Crippen LogP contribution in [0.3, 0.4) is 0 Å². The zero-order chi connectivity index (χ0) is 21.0. The molecule has 8 nitrogen and oxygen atoms in total. The minimum atomic E-state index is -2.15. The second-order valence-corrected chi connectivity index (χ2v) is 8.22. The van der Waals surface area contributed by atoms with E-state index in [2.05, 4.69) is 0 Å². The van der Waals surface area contributed by atoms with Gasteiger partial charge in [0.05, 0.1) is 24.2 Å². The van der Waals surface area contributed by atoms with Gasteiger partial charge in [-0.2, -0.15) is 0 Å². The van der Waals surface area contributed by atoms with E-state index in [1.165, 1.54) is 6.92 Å². The molecule has 0 radical (unpaired) electrons. The number of fused-ring (bicyclic) bond motifs is 3. The van der Waals surface area contributed by atoms with Crippen molar-refractivity contribution in [2.75, 3.05) is 0 Å². The average molecular weight is 396 g/mol. The first kappa shape index (κ1) is 21.0. The maximum atomic E-state index is 13.0. The molecule has 156 valence electrons. The minimum Gasteiger partial charge on any atom is -0.458 e. The fourth-order valence-corrected chi connectivity index (χ4v) is 4.43. The lowest BCUT2D eigenvalue weighted by Crippen LogP contribution is -2.61. The molecular formula is C20H28O8. The van der Waals surface area contributed by atoms with Gasteiger partial charge in [-0.1, -0.05) is 19.9 Å². The van der Waals surface area contributed by atoms with Crippen molar-refractivity contribution < 1.29 is 38.8 Å². The number of Topliss-reactive ketones (excluding diaryl/α,β-unsaturated/α-hetero) is 1. The topological polar surface area (TPSA) is 123 Å². The monoisotopic (exact) mass is 396 g/mol. The molecule has 28 heavy (non-hydrogen) atoms. The maximum absolute atomic E-state index is 13.0. The summed E-state index contributed by atoms with van der Waals surface area (Å²) in [5.74, 6) is -3.50. The van der Waals surface area contributed by atoms with Gasteiger partial charge in [0, 0.05) is 23.8 Å². The highest BCUT2D eigenvalue weighted by Crippen LogP contribution is 2.53. The van der Waals surface area contributed by atoms with Gasteiger partial charge in [-0.15, -0.1) is 0 Å². The SMILES string of the molecule is C/C=C(/C)C(=O)O[C@H]1[C@@H]2OC(=O)[C@H](C)[C@@H]2[C@H]2O[C@H]2[C@H](C)[C@@]1(O)C(=O)C[C@H](C)O. The summed E-state index contributed by atoms with van der Waals surface area (Å²) in [4.78, 5) is 37.8. The van der Waals surface area contributed by atoms with Crippen LogP contribution in [0.25, 0.3) is 0 Å². The number of esters is 2. The number of hydrogen-bond acceptors (Lipinski definition) is 8. The molecule has 2 N–H and O–H groups in total. The minimum absolute atomic E-state index is 0.303. The first-order chi connectivity index (χ1) is 13.0. The lowest BCUT2D eigenvalue weighted by atomic mass is 9.76. The number of aliphatic hydroxyl groups excluding tert-OH is 1. The molecule has 2 aliphatic heterocycles. The zero-order valence-electron chi connectivity index (χ0n) is 16.7. The summed E-state index contributed by atoms with van der Waals surface area (Å²) in [6.45, 7) is 8.02. The Labute approximate surface area is 163 Å². The second kappa shape index (κ2) is 7.24. The van der Waals surface area contributed by atoms with E-state index < -0.39 is 65.5 Å². The molecule has 9 atom stereocenters. The fraction of sp³-hybridized carbons (Fsp3) is 0.750. The molecule has 0 unspecified atom stereocenters. The molecule has 0 aromatic carbocycles. The molecule has 8 heteroatoms. The molecule has 3 rings (SSSR count). The van der Waals surface area contributed by atoms with Gasteiger partial charge in [-0.25, -0.2) is 4.79 Å². The Morgan fingerprint density at radius 3 is 2.50 bits per heavy atom. The number of aliphatic hydroxyl groups is 2.